The van der Waals surface area contributed by atoms with E-state index in [1.807, 2.05) is 61.5 Å². The van der Waals surface area contributed by atoms with Crippen LogP contribution in [0, 0.1) is 0 Å². The molecule has 0 aliphatic heterocycles. The first-order valence-corrected chi connectivity index (χ1v) is 8.24. The molecule has 6 heteroatoms. The number of hydrogen-bond acceptors (Lipinski definition) is 3. The number of rotatable bonds is 6. The van der Waals surface area contributed by atoms with Crippen LogP contribution in [0.5, 0.6) is 0 Å². The van der Waals surface area contributed by atoms with Crippen LogP contribution in [0.4, 0.5) is 5.95 Å². The molecule has 0 radical (unpaired) electrons. The fourth-order valence-electron chi connectivity index (χ4n) is 2.74. The van der Waals surface area contributed by atoms with Gasteiger partial charge in [-0.05, 0) is 24.1 Å². The minimum atomic E-state index is -0.324. The van der Waals surface area contributed by atoms with E-state index in [1.165, 1.54) is 0 Å². The monoisotopic (exact) mass is 336 g/mol. The lowest BCUT2D eigenvalue weighted by atomic mass is 9.96. The van der Waals surface area contributed by atoms with Crippen molar-refractivity contribution >= 4 is 28.8 Å². The minimum absolute atomic E-state index is 0.0980. The van der Waals surface area contributed by atoms with Crippen LogP contribution in [0.15, 0.2) is 54.6 Å². The Labute approximate surface area is 145 Å². The molecule has 0 fully saturated rings. The lowest BCUT2D eigenvalue weighted by molar-refractivity contribution is -0.125. The molecule has 3 aromatic rings. The van der Waals surface area contributed by atoms with Gasteiger partial charge in [0.15, 0.2) is 0 Å². The number of imidazole rings is 1. The number of carbonyl (C=O) groups is 2. The Hall–Kier alpha value is -3.15. The Morgan fingerprint density at radius 1 is 1.08 bits per heavy atom. The molecule has 6 nitrogen and oxygen atoms in total. The number of benzene rings is 2. The molecule has 25 heavy (non-hydrogen) atoms. The van der Waals surface area contributed by atoms with Crippen molar-refractivity contribution < 1.29 is 9.59 Å². The van der Waals surface area contributed by atoms with E-state index < -0.39 is 0 Å². The van der Waals surface area contributed by atoms with Crippen molar-refractivity contribution in [1.29, 1.82) is 0 Å². The fraction of sp³-hybridized carbons (Fsp3) is 0.211. The number of amides is 2. The maximum atomic E-state index is 12.4. The van der Waals surface area contributed by atoms with Gasteiger partial charge >= 0.3 is 0 Å². The minimum Gasteiger partial charge on any atom is -0.346 e. The van der Waals surface area contributed by atoms with Gasteiger partial charge in [0.25, 0.3) is 0 Å². The Bertz CT molecular complexity index is 840. The molecule has 1 aromatic heterocycles. The third kappa shape index (κ3) is 4.03. The largest absolute Gasteiger partial charge is 0.346 e. The summed E-state index contributed by atoms with van der Waals surface area (Å²) in [5.74, 6) is -0.375. The number of nitrogens with one attached hydrogen (secondary N) is 3. The van der Waals surface area contributed by atoms with Crippen molar-refractivity contribution in [3.8, 4) is 0 Å². The zero-order valence-corrected chi connectivity index (χ0v) is 14.0. The van der Waals surface area contributed by atoms with Gasteiger partial charge in [-0.2, -0.15) is 0 Å². The zero-order valence-electron chi connectivity index (χ0n) is 14.0. The number of H-pyrrole nitrogens is 1. The van der Waals surface area contributed by atoms with Crippen molar-refractivity contribution in [2.45, 2.75) is 19.3 Å². The van der Waals surface area contributed by atoms with Crippen molar-refractivity contribution in [3.63, 3.8) is 0 Å². The molecule has 1 heterocycles. The highest BCUT2D eigenvalue weighted by atomic mass is 16.2. The van der Waals surface area contributed by atoms with Gasteiger partial charge < -0.3 is 10.3 Å². The first-order chi connectivity index (χ1) is 12.2. The summed E-state index contributed by atoms with van der Waals surface area (Å²) >= 11 is 0. The zero-order chi connectivity index (χ0) is 17.6. The predicted octanol–water partition coefficient (Wildman–Crippen LogP) is 2.81. The fourth-order valence-corrected chi connectivity index (χ4v) is 2.74. The van der Waals surface area contributed by atoms with E-state index in [2.05, 4.69) is 20.6 Å². The summed E-state index contributed by atoms with van der Waals surface area (Å²) < 4.78 is 0. The highest BCUT2D eigenvalue weighted by Crippen LogP contribution is 2.19. The summed E-state index contributed by atoms with van der Waals surface area (Å²) in [6, 6.07) is 17.1. The molecule has 0 aliphatic carbocycles. The van der Waals surface area contributed by atoms with E-state index in [0.29, 0.717) is 12.4 Å². The summed E-state index contributed by atoms with van der Waals surface area (Å²) in [4.78, 5) is 31.7. The van der Waals surface area contributed by atoms with E-state index in [1.54, 1.807) is 0 Å². The van der Waals surface area contributed by atoms with Crippen molar-refractivity contribution in [2.24, 2.45) is 0 Å². The predicted molar refractivity (Wildman–Crippen MR) is 97.2 cm³/mol. The van der Waals surface area contributed by atoms with E-state index in [-0.39, 0.29) is 24.3 Å². The molecule has 128 valence electrons. The Morgan fingerprint density at radius 3 is 2.52 bits per heavy atom. The Morgan fingerprint density at radius 2 is 1.80 bits per heavy atom. The standard InChI is InChI=1S/C19H20N4O2/c1-2-14(13-8-4-3-5-9-13)18(25)20-12-17(24)23-19-21-15-10-6-7-11-16(15)22-19/h3-11,14H,2,12H2,1H3,(H,20,25)(H2,21,22,23,24)/t14-/m0/s1. The number of para-hydroxylation sites is 2. The summed E-state index contributed by atoms with van der Waals surface area (Å²) in [5, 5.41) is 5.36. The summed E-state index contributed by atoms with van der Waals surface area (Å²) in [6.45, 7) is 1.85. The molecular weight excluding hydrogens is 316 g/mol. The van der Waals surface area contributed by atoms with Crippen LogP contribution < -0.4 is 10.6 Å². The van der Waals surface area contributed by atoms with Gasteiger partial charge in [-0.15, -0.1) is 0 Å². The van der Waals surface area contributed by atoms with Crippen LogP contribution in [0.25, 0.3) is 11.0 Å². The Balaban J connectivity index is 1.57. The van der Waals surface area contributed by atoms with E-state index in [9.17, 15) is 9.59 Å². The van der Waals surface area contributed by atoms with Crippen molar-refractivity contribution in [1.82, 2.24) is 15.3 Å². The first-order valence-electron chi connectivity index (χ1n) is 8.24. The second kappa shape index (κ2) is 7.61. The molecule has 0 spiro atoms. The molecule has 2 amide bonds. The molecule has 0 saturated heterocycles. The van der Waals surface area contributed by atoms with Crippen LogP contribution in [0.2, 0.25) is 0 Å². The Kier molecular flexibility index (Phi) is 5.09. The molecule has 2 aromatic carbocycles. The summed E-state index contributed by atoms with van der Waals surface area (Å²) in [7, 11) is 0. The highest BCUT2D eigenvalue weighted by Gasteiger charge is 2.19. The number of aromatic nitrogens is 2. The van der Waals surface area contributed by atoms with Crippen LogP contribution in [-0.2, 0) is 9.59 Å². The first kappa shape index (κ1) is 16.7. The van der Waals surface area contributed by atoms with Gasteiger partial charge in [0.05, 0.1) is 23.5 Å². The average Bonchev–Trinajstić information content (AvgIpc) is 3.03. The third-order valence-corrected chi connectivity index (χ3v) is 4.00. The smallest absolute Gasteiger partial charge is 0.246 e. The highest BCUT2D eigenvalue weighted by molar-refractivity contribution is 5.95. The quantitative estimate of drug-likeness (QED) is 0.647. The maximum Gasteiger partial charge on any atom is 0.246 e. The molecule has 3 N–H and O–H groups in total. The number of fused-ring (bicyclic) bond motifs is 1. The number of carbonyl (C=O) groups excluding carboxylic acids is 2. The second-order valence-corrected chi connectivity index (χ2v) is 5.74. The van der Waals surface area contributed by atoms with E-state index >= 15 is 0 Å². The lowest BCUT2D eigenvalue weighted by Crippen LogP contribution is -2.36. The molecule has 3 rings (SSSR count). The molecule has 0 aliphatic rings. The number of nitrogens with zero attached hydrogens (tertiary/aromatic N) is 1. The normalized spacial score (nSPS) is 11.9. The van der Waals surface area contributed by atoms with Gasteiger partial charge in [0, 0.05) is 0 Å². The van der Waals surface area contributed by atoms with Crippen LogP contribution in [0.3, 0.4) is 0 Å². The molecular formula is C19H20N4O2. The van der Waals surface area contributed by atoms with E-state index in [4.69, 9.17) is 0 Å². The van der Waals surface area contributed by atoms with Crippen LogP contribution in [-0.4, -0.2) is 28.3 Å². The second-order valence-electron chi connectivity index (χ2n) is 5.74. The molecule has 1 atom stereocenters. The van der Waals surface area contributed by atoms with Crippen LogP contribution >= 0.6 is 0 Å². The van der Waals surface area contributed by atoms with Gasteiger partial charge in [-0.1, -0.05) is 49.4 Å². The van der Waals surface area contributed by atoms with Gasteiger partial charge in [-0.3, -0.25) is 14.9 Å². The van der Waals surface area contributed by atoms with Gasteiger partial charge in [0.2, 0.25) is 17.8 Å². The SMILES string of the molecule is CC[C@H](C(=O)NCC(=O)Nc1nc2ccccc2[nH]1)c1ccccc1. The average molecular weight is 336 g/mol. The summed E-state index contributed by atoms with van der Waals surface area (Å²) in [5.41, 5.74) is 2.56. The topological polar surface area (TPSA) is 86.9 Å². The molecule has 0 saturated carbocycles. The maximum absolute atomic E-state index is 12.4. The van der Waals surface area contributed by atoms with E-state index in [0.717, 1.165) is 16.6 Å². The number of hydrogen-bond donors (Lipinski definition) is 3. The molecule has 0 bridgehead atoms. The van der Waals surface area contributed by atoms with Gasteiger partial charge in [-0.25, -0.2) is 4.98 Å². The van der Waals surface area contributed by atoms with Crippen molar-refractivity contribution in [2.75, 3.05) is 11.9 Å². The number of anilines is 1. The number of aromatic amines is 1. The summed E-state index contributed by atoms with van der Waals surface area (Å²) in [6.07, 6.45) is 0.668. The van der Waals surface area contributed by atoms with Crippen molar-refractivity contribution in [3.05, 3.63) is 60.2 Å². The van der Waals surface area contributed by atoms with Gasteiger partial charge in [0.1, 0.15) is 0 Å². The van der Waals surface area contributed by atoms with Crippen LogP contribution in [0.1, 0.15) is 24.8 Å². The third-order valence-electron chi connectivity index (χ3n) is 4.00. The lowest BCUT2D eigenvalue weighted by Gasteiger charge is -2.15. The molecule has 0 unspecified atom stereocenters.